The molecule has 0 bridgehead atoms. The van der Waals surface area contributed by atoms with Crippen LogP contribution in [0.5, 0.6) is 0 Å². The van der Waals surface area contributed by atoms with Crippen molar-refractivity contribution in [2.45, 2.75) is 20.8 Å². The van der Waals surface area contributed by atoms with Gasteiger partial charge in [0, 0.05) is 8.99 Å². The van der Waals surface area contributed by atoms with E-state index >= 15 is 0 Å². The second-order valence-electron chi connectivity index (χ2n) is 4.20. The van der Waals surface area contributed by atoms with Crippen molar-refractivity contribution in [1.29, 1.82) is 0 Å². The summed E-state index contributed by atoms with van der Waals surface area (Å²) in [6.45, 7) is 6.17. The van der Waals surface area contributed by atoms with Crippen LogP contribution in [0.4, 0.5) is 5.69 Å². The van der Waals surface area contributed by atoms with Crippen LogP contribution in [0.15, 0.2) is 29.3 Å². The minimum absolute atomic E-state index is 0.0705. The topological polar surface area (TPSA) is 38.4 Å². The molecule has 2 N–H and O–H groups in total. The summed E-state index contributed by atoms with van der Waals surface area (Å²) in [7, 11) is 0. The number of hydrogen-bond acceptors (Lipinski definition) is 1. The lowest BCUT2D eigenvalue weighted by Crippen LogP contribution is -2.28. The normalized spacial score (nSPS) is 13.0. The number of para-hydroxylation sites is 1. The van der Waals surface area contributed by atoms with Crippen molar-refractivity contribution in [3.05, 3.63) is 27.8 Å². The average Bonchev–Trinajstić information content (AvgIpc) is 2.07. The molecule has 0 aliphatic carbocycles. The van der Waals surface area contributed by atoms with Crippen LogP contribution in [0.2, 0.25) is 0 Å². The van der Waals surface area contributed by atoms with Crippen molar-refractivity contribution in [3.63, 3.8) is 0 Å². The number of nitrogens with two attached hydrogens (primary N) is 1. The highest BCUT2D eigenvalue weighted by Gasteiger charge is 2.15. The van der Waals surface area contributed by atoms with Crippen LogP contribution in [-0.4, -0.2) is 5.84 Å². The van der Waals surface area contributed by atoms with Gasteiger partial charge in [-0.15, -0.1) is 0 Å². The first-order valence-electron chi connectivity index (χ1n) is 4.50. The lowest BCUT2D eigenvalue weighted by atomic mass is 9.95. The number of benzene rings is 1. The molecule has 1 rings (SSSR count). The summed E-state index contributed by atoms with van der Waals surface area (Å²) in [6, 6.07) is 7.96. The molecule has 0 aliphatic heterocycles. The number of amidine groups is 1. The molecule has 0 amide bonds. The second-order valence-corrected chi connectivity index (χ2v) is 5.36. The first-order chi connectivity index (χ1) is 6.41. The predicted molar refractivity (Wildman–Crippen MR) is 69.9 cm³/mol. The third kappa shape index (κ3) is 2.97. The maximum absolute atomic E-state index is 5.90. The van der Waals surface area contributed by atoms with E-state index in [-0.39, 0.29) is 5.41 Å². The van der Waals surface area contributed by atoms with Gasteiger partial charge in [-0.05, 0) is 34.7 Å². The molecular weight excluding hydrogens is 287 g/mol. The third-order valence-corrected chi connectivity index (χ3v) is 2.77. The second kappa shape index (κ2) is 4.29. The average molecular weight is 302 g/mol. The van der Waals surface area contributed by atoms with Crippen LogP contribution in [0.1, 0.15) is 20.8 Å². The van der Waals surface area contributed by atoms with Gasteiger partial charge in [0.1, 0.15) is 5.84 Å². The minimum Gasteiger partial charge on any atom is -0.387 e. The monoisotopic (exact) mass is 302 g/mol. The summed E-state index contributed by atoms with van der Waals surface area (Å²) in [5.74, 6) is 0.668. The zero-order valence-corrected chi connectivity index (χ0v) is 10.9. The highest BCUT2D eigenvalue weighted by molar-refractivity contribution is 14.1. The summed E-state index contributed by atoms with van der Waals surface area (Å²) < 4.78 is 1.12. The van der Waals surface area contributed by atoms with Crippen LogP contribution in [0.25, 0.3) is 0 Å². The Balaban J connectivity index is 3.04. The molecule has 0 spiro atoms. The Bertz CT molecular complexity index is 351. The van der Waals surface area contributed by atoms with Gasteiger partial charge in [0.15, 0.2) is 0 Å². The van der Waals surface area contributed by atoms with E-state index in [9.17, 15) is 0 Å². The van der Waals surface area contributed by atoms with Gasteiger partial charge in [0.2, 0.25) is 0 Å². The van der Waals surface area contributed by atoms with Crippen molar-refractivity contribution in [3.8, 4) is 0 Å². The first-order valence-corrected chi connectivity index (χ1v) is 5.58. The van der Waals surface area contributed by atoms with E-state index in [0.29, 0.717) is 5.84 Å². The number of aliphatic imine (C=N–C) groups is 1. The largest absolute Gasteiger partial charge is 0.387 e. The fraction of sp³-hybridized carbons (Fsp3) is 0.364. The molecule has 0 aliphatic rings. The molecular formula is C11H15IN2. The Labute approximate surface area is 98.8 Å². The van der Waals surface area contributed by atoms with E-state index in [4.69, 9.17) is 5.73 Å². The van der Waals surface area contributed by atoms with Gasteiger partial charge in [-0.3, -0.25) is 0 Å². The smallest absolute Gasteiger partial charge is 0.105 e. The van der Waals surface area contributed by atoms with Crippen LogP contribution >= 0.6 is 22.6 Å². The van der Waals surface area contributed by atoms with Crippen LogP contribution < -0.4 is 5.73 Å². The lowest BCUT2D eigenvalue weighted by molar-refractivity contribution is 0.585. The quantitative estimate of drug-likeness (QED) is 0.482. The van der Waals surface area contributed by atoms with Crippen LogP contribution in [-0.2, 0) is 0 Å². The van der Waals surface area contributed by atoms with Gasteiger partial charge in [-0.1, -0.05) is 32.9 Å². The molecule has 0 aromatic heterocycles. The maximum Gasteiger partial charge on any atom is 0.105 e. The van der Waals surface area contributed by atoms with Gasteiger partial charge >= 0.3 is 0 Å². The molecule has 0 radical (unpaired) electrons. The molecule has 1 aromatic carbocycles. The van der Waals surface area contributed by atoms with Crippen molar-refractivity contribution >= 4 is 34.1 Å². The number of nitrogens with zero attached hydrogens (tertiary/aromatic N) is 1. The van der Waals surface area contributed by atoms with Gasteiger partial charge in [0.05, 0.1) is 5.69 Å². The van der Waals surface area contributed by atoms with Crippen molar-refractivity contribution in [2.75, 3.05) is 0 Å². The summed E-state index contributed by atoms with van der Waals surface area (Å²) in [4.78, 5) is 4.42. The molecule has 0 saturated carbocycles. The molecule has 76 valence electrons. The fourth-order valence-electron chi connectivity index (χ4n) is 0.840. The Hall–Kier alpha value is -0.580. The highest BCUT2D eigenvalue weighted by atomic mass is 127. The van der Waals surface area contributed by atoms with Gasteiger partial charge < -0.3 is 5.73 Å². The summed E-state index contributed by atoms with van der Waals surface area (Å²) in [5.41, 5.74) is 6.77. The molecule has 3 heteroatoms. The van der Waals surface area contributed by atoms with Crippen molar-refractivity contribution in [2.24, 2.45) is 16.1 Å². The zero-order chi connectivity index (χ0) is 10.8. The van der Waals surface area contributed by atoms with Crippen LogP contribution in [0.3, 0.4) is 0 Å². The van der Waals surface area contributed by atoms with E-state index in [1.54, 1.807) is 0 Å². The Kier molecular flexibility index (Phi) is 3.53. The van der Waals surface area contributed by atoms with E-state index in [1.807, 2.05) is 24.3 Å². The molecule has 14 heavy (non-hydrogen) atoms. The molecule has 0 heterocycles. The molecule has 0 unspecified atom stereocenters. The van der Waals surface area contributed by atoms with Crippen molar-refractivity contribution in [1.82, 2.24) is 0 Å². The van der Waals surface area contributed by atoms with E-state index in [0.717, 1.165) is 9.26 Å². The maximum atomic E-state index is 5.90. The molecule has 1 aromatic rings. The zero-order valence-electron chi connectivity index (χ0n) is 8.71. The summed E-state index contributed by atoms with van der Waals surface area (Å²) in [6.07, 6.45) is 0. The molecule has 0 saturated heterocycles. The first kappa shape index (κ1) is 11.5. The van der Waals surface area contributed by atoms with Gasteiger partial charge in [-0.25, -0.2) is 4.99 Å². The van der Waals surface area contributed by atoms with Gasteiger partial charge in [0.25, 0.3) is 0 Å². The number of halogens is 1. The fourth-order valence-corrected chi connectivity index (χ4v) is 1.35. The van der Waals surface area contributed by atoms with Crippen molar-refractivity contribution < 1.29 is 0 Å². The standard InChI is InChI=1S/C11H15IN2/c1-11(2,3)10(13)14-9-7-5-4-6-8(9)12/h4-7H,1-3H3,(H2,13,14). The molecule has 2 nitrogen and oxygen atoms in total. The minimum atomic E-state index is -0.0705. The van der Waals surface area contributed by atoms with Crippen LogP contribution in [0, 0.1) is 8.99 Å². The Morgan fingerprint density at radius 2 is 1.86 bits per heavy atom. The highest BCUT2D eigenvalue weighted by Crippen LogP contribution is 2.23. The SMILES string of the molecule is CC(C)(C)C(N)=Nc1ccccc1I. The van der Waals surface area contributed by atoms with E-state index < -0.39 is 0 Å². The number of hydrogen-bond donors (Lipinski definition) is 1. The van der Waals surface area contributed by atoms with E-state index in [1.165, 1.54) is 0 Å². The Morgan fingerprint density at radius 3 is 2.36 bits per heavy atom. The summed E-state index contributed by atoms with van der Waals surface area (Å²) in [5, 5.41) is 0. The summed E-state index contributed by atoms with van der Waals surface area (Å²) >= 11 is 2.26. The lowest BCUT2D eigenvalue weighted by Gasteiger charge is -2.17. The molecule has 0 fully saturated rings. The van der Waals surface area contributed by atoms with E-state index in [2.05, 4.69) is 48.4 Å². The molecule has 0 atom stereocenters. The number of rotatable bonds is 1. The third-order valence-electron chi connectivity index (χ3n) is 1.86. The Morgan fingerprint density at radius 1 is 1.29 bits per heavy atom. The van der Waals surface area contributed by atoms with Gasteiger partial charge in [-0.2, -0.15) is 0 Å². The predicted octanol–water partition coefficient (Wildman–Crippen LogP) is 3.33.